The van der Waals surface area contributed by atoms with E-state index in [2.05, 4.69) is 59.4 Å². The first kappa shape index (κ1) is 53.0. The summed E-state index contributed by atoms with van der Waals surface area (Å²) in [5, 5.41) is 42.1. The number of aryl methyl sites for hydroxylation is 1. The lowest BCUT2D eigenvalue weighted by atomic mass is 9.60. The van der Waals surface area contributed by atoms with Crippen molar-refractivity contribution in [2.24, 2.45) is 29.1 Å². The molecular formula is C59H75N11O6S. The number of phenolic OH excluding ortho intramolecular Hbond substituents is 1. The van der Waals surface area contributed by atoms with E-state index in [0.29, 0.717) is 46.8 Å². The Bertz CT molecular complexity index is 3010. The van der Waals surface area contributed by atoms with Crippen molar-refractivity contribution >= 4 is 34.7 Å². The van der Waals surface area contributed by atoms with Crippen LogP contribution >= 0.6 is 11.3 Å². The Kier molecular flexibility index (Phi) is 15.4. The van der Waals surface area contributed by atoms with Crippen LogP contribution in [0.15, 0.2) is 83.1 Å². The molecular weight excluding hydrogens is 991 g/mol. The third-order valence-electron chi connectivity index (χ3n) is 18.0. The lowest BCUT2D eigenvalue weighted by molar-refractivity contribution is -0.134. The highest BCUT2D eigenvalue weighted by atomic mass is 32.1. The lowest BCUT2D eigenvalue weighted by Crippen LogP contribution is -2.59. The van der Waals surface area contributed by atoms with Crippen LogP contribution in [-0.2, 0) is 14.3 Å². The number of aromatic nitrogens is 6. The van der Waals surface area contributed by atoms with Crippen LogP contribution in [0.25, 0.3) is 32.8 Å². The molecule has 3 saturated heterocycles. The first-order valence-electron chi connectivity index (χ1n) is 28.0. The summed E-state index contributed by atoms with van der Waals surface area (Å²) < 4.78 is 14.4. The minimum atomic E-state index is -0.725. The highest BCUT2D eigenvalue weighted by molar-refractivity contribution is 7.13. The fraction of sp³-hybridized carbons (Fsp3) is 0.542. The number of hydrogen-bond acceptors (Lipinski definition) is 16. The molecule has 1 spiro atoms. The minimum absolute atomic E-state index is 0.00981. The summed E-state index contributed by atoms with van der Waals surface area (Å²) in [6.45, 7) is 17.9. The van der Waals surface area contributed by atoms with Crippen molar-refractivity contribution < 1.29 is 29.1 Å². The van der Waals surface area contributed by atoms with Gasteiger partial charge in [0.1, 0.15) is 17.3 Å². The van der Waals surface area contributed by atoms with Gasteiger partial charge in [-0.2, -0.15) is 5.10 Å². The Balaban J connectivity index is 0.624. The van der Waals surface area contributed by atoms with Crippen LogP contribution in [0.5, 0.6) is 5.75 Å². The molecule has 1 amide bonds. The van der Waals surface area contributed by atoms with Gasteiger partial charge in [0, 0.05) is 73.6 Å². The summed E-state index contributed by atoms with van der Waals surface area (Å²) in [5.74, 6) is 0.194. The molecule has 3 aliphatic heterocycles. The van der Waals surface area contributed by atoms with Crippen molar-refractivity contribution in [2.75, 3.05) is 63.1 Å². The summed E-state index contributed by atoms with van der Waals surface area (Å²) in [6.07, 6.45) is 10.8. The molecule has 2 aliphatic carbocycles. The fourth-order valence-electron chi connectivity index (χ4n) is 13.3. The number of anilines is 2. The van der Waals surface area contributed by atoms with Crippen LogP contribution in [0.1, 0.15) is 114 Å². The Morgan fingerprint density at radius 1 is 0.922 bits per heavy atom. The van der Waals surface area contributed by atoms with Crippen LogP contribution in [0, 0.1) is 36.0 Å². The van der Waals surface area contributed by atoms with E-state index in [-0.39, 0.29) is 54.4 Å². The van der Waals surface area contributed by atoms with Gasteiger partial charge >= 0.3 is 0 Å². The molecule has 7 atom stereocenters. The number of para-hydroxylation sites is 1. The molecule has 408 valence electrons. The van der Waals surface area contributed by atoms with E-state index in [1.165, 1.54) is 25.7 Å². The van der Waals surface area contributed by atoms with Gasteiger partial charge < -0.3 is 40.3 Å². The molecule has 6 aromatic rings. The second kappa shape index (κ2) is 22.4. The number of phenols is 1. The SMILES string of the molecule is Cc1ncsc1-c1ccc([C@H](C)NC(=O)[C@@H]2C[C@@H](O)CC2C(=O)[C@@H](c2cc(N3CCC(CN4CCC5(CC4)CC(N4CCO[C@H](C(C)n6cc(-c7cc(-c8ccccc8O)nnc7N)cn6)C4)C5)CC3)no2)C(C)C)cc1. The number of piperidine rings is 2. The molecule has 5 aliphatic rings. The number of carbonyl (C=O) groups excluding carboxylic acids is 2. The lowest BCUT2D eigenvalue weighted by Gasteiger charge is -2.56. The molecule has 5 fully saturated rings. The normalized spacial score (nSPS) is 23.8. The number of ether oxygens (including phenoxy) is 1. The Morgan fingerprint density at radius 2 is 1.68 bits per heavy atom. The van der Waals surface area contributed by atoms with Gasteiger partial charge in [-0.25, -0.2) is 4.98 Å². The number of thiazole rings is 1. The second-order valence-corrected chi connectivity index (χ2v) is 24.2. The van der Waals surface area contributed by atoms with Gasteiger partial charge in [0.2, 0.25) is 5.91 Å². The number of amides is 1. The first-order chi connectivity index (χ1) is 37.2. The van der Waals surface area contributed by atoms with Gasteiger partial charge in [-0.05, 0) is 132 Å². The van der Waals surface area contributed by atoms with E-state index in [0.717, 1.165) is 97.3 Å². The number of nitrogens with zero attached hydrogens (tertiary/aromatic N) is 9. The first-order valence-corrected chi connectivity index (χ1v) is 28.9. The summed E-state index contributed by atoms with van der Waals surface area (Å²) in [4.78, 5) is 41.5. The number of benzene rings is 2. The van der Waals surface area contributed by atoms with Crippen molar-refractivity contribution in [3.8, 4) is 38.6 Å². The minimum Gasteiger partial charge on any atom is -0.507 e. The van der Waals surface area contributed by atoms with Crippen LogP contribution in [0.4, 0.5) is 11.6 Å². The zero-order chi connectivity index (χ0) is 53.5. The summed E-state index contributed by atoms with van der Waals surface area (Å²) >= 11 is 1.61. The molecule has 0 bridgehead atoms. The van der Waals surface area contributed by atoms with Crippen LogP contribution in [0.3, 0.4) is 0 Å². The van der Waals surface area contributed by atoms with Gasteiger partial charge in [-0.1, -0.05) is 55.4 Å². The largest absolute Gasteiger partial charge is 0.507 e. The molecule has 0 radical (unpaired) electrons. The molecule has 5 N–H and O–H groups in total. The molecule has 4 aromatic heterocycles. The summed E-state index contributed by atoms with van der Waals surface area (Å²) in [7, 11) is 0. The average molecular weight is 1070 g/mol. The van der Waals surface area contributed by atoms with Crippen molar-refractivity contribution in [3.63, 3.8) is 0 Å². The van der Waals surface area contributed by atoms with Crippen molar-refractivity contribution in [2.45, 2.75) is 122 Å². The zero-order valence-electron chi connectivity index (χ0n) is 45.1. The van der Waals surface area contributed by atoms with E-state index in [9.17, 15) is 19.8 Å². The van der Waals surface area contributed by atoms with E-state index in [1.54, 1.807) is 23.5 Å². The second-order valence-electron chi connectivity index (χ2n) is 23.4. The fourth-order valence-corrected chi connectivity index (χ4v) is 14.1. The molecule has 18 heteroatoms. The molecule has 11 rings (SSSR count). The predicted octanol–water partition coefficient (Wildman–Crippen LogP) is 8.71. The van der Waals surface area contributed by atoms with Gasteiger partial charge in [0.05, 0.1) is 70.7 Å². The van der Waals surface area contributed by atoms with E-state index >= 15 is 0 Å². The van der Waals surface area contributed by atoms with Gasteiger partial charge in [0.15, 0.2) is 11.6 Å². The molecule has 7 heterocycles. The molecule has 77 heavy (non-hydrogen) atoms. The summed E-state index contributed by atoms with van der Waals surface area (Å²) in [6, 6.07) is 19.4. The smallest absolute Gasteiger partial charge is 0.224 e. The van der Waals surface area contributed by atoms with Gasteiger partial charge in [-0.15, -0.1) is 21.5 Å². The summed E-state index contributed by atoms with van der Waals surface area (Å²) in [5.41, 5.74) is 14.3. The number of nitrogens with one attached hydrogen (secondary N) is 1. The third-order valence-corrected chi connectivity index (χ3v) is 19.0. The van der Waals surface area contributed by atoms with Crippen LogP contribution in [0.2, 0.25) is 0 Å². The average Bonchev–Trinajstić information content (AvgIpc) is 4.29. The number of ketones is 1. The maximum Gasteiger partial charge on any atom is 0.224 e. The number of Topliss-reactive ketones (excluding diaryl/α,β-unsaturated/α-hetero) is 1. The number of nitrogen functional groups attached to an aromatic ring is 1. The topological polar surface area (TPSA) is 214 Å². The number of hydrogen-bond donors (Lipinski definition) is 4. The van der Waals surface area contributed by atoms with Crippen molar-refractivity contribution in [3.05, 3.63) is 95.6 Å². The van der Waals surface area contributed by atoms with Crippen molar-refractivity contribution in [1.29, 1.82) is 0 Å². The number of likely N-dealkylation sites (tertiary alicyclic amines) is 1. The Labute approximate surface area is 455 Å². The monoisotopic (exact) mass is 1070 g/mol. The van der Waals surface area contributed by atoms with Gasteiger partial charge in [-0.3, -0.25) is 19.2 Å². The number of rotatable bonds is 16. The maximum atomic E-state index is 14.5. The highest BCUT2D eigenvalue weighted by Crippen LogP contribution is 2.52. The standard InChI is InChI=1S/C59H75N11O6S/c1-35(2)54(55(73)47-24-44(71)25-48(47)58(74)63-36(3)40-10-12-41(13-11-40)56-37(4)61-34-77-56)51-27-53(66-76-51)68-18-14-39(15-19-68)31-67-20-16-59(17-21-67)28-43(29-59)69-22-23-75-52(33-69)38(5)70-32-42(30-62-70)46-26-49(64-65-57(46)60)45-8-6-7-9-50(45)72/h6-13,26-27,30,32,34-36,38-39,43-44,47-48,52,54,71-72H,14-25,28-29,31,33H2,1-5H3,(H2,60,65)(H,63,74)/t36-,38?,44-,47?,48+,52-,54+/m0/s1. The van der Waals surface area contributed by atoms with Crippen molar-refractivity contribution in [1.82, 2.24) is 45.2 Å². The quantitative estimate of drug-likeness (QED) is 0.0714. The predicted molar refractivity (Wildman–Crippen MR) is 297 cm³/mol. The number of aromatic hydroxyl groups is 1. The third kappa shape index (κ3) is 11.2. The van der Waals surface area contributed by atoms with Crippen LogP contribution < -0.4 is 16.0 Å². The number of aliphatic hydroxyl groups is 1. The molecule has 17 nitrogen and oxygen atoms in total. The maximum absolute atomic E-state index is 14.5. The van der Waals surface area contributed by atoms with Crippen LogP contribution in [-0.4, -0.2) is 132 Å². The molecule has 2 unspecified atom stereocenters. The molecule has 2 saturated carbocycles. The molecule has 2 aromatic carbocycles. The van der Waals surface area contributed by atoms with E-state index < -0.39 is 23.9 Å². The number of morpholine rings is 1. The number of aliphatic hydroxyl groups excluding tert-OH is 1. The zero-order valence-corrected chi connectivity index (χ0v) is 45.9. The Hall–Kier alpha value is -6.05. The van der Waals surface area contributed by atoms with E-state index in [4.69, 9.17) is 20.1 Å². The highest BCUT2D eigenvalue weighted by Gasteiger charge is 2.49. The Morgan fingerprint density at radius 3 is 2.40 bits per heavy atom. The van der Waals surface area contributed by atoms with Gasteiger partial charge in [0.25, 0.3) is 0 Å². The number of nitrogens with two attached hydrogens (primary N) is 1. The van der Waals surface area contributed by atoms with E-state index in [1.807, 2.05) is 86.7 Å². The number of carbonyl (C=O) groups is 2.